The summed E-state index contributed by atoms with van der Waals surface area (Å²) in [5.41, 5.74) is 4.16. The van der Waals surface area contributed by atoms with Crippen molar-refractivity contribution in [2.45, 2.75) is 32.1 Å². The minimum absolute atomic E-state index is 0.0675. The third kappa shape index (κ3) is 7.08. The summed E-state index contributed by atoms with van der Waals surface area (Å²) >= 11 is 0. The van der Waals surface area contributed by atoms with E-state index in [1.54, 1.807) is 19.4 Å². The second-order valence-corrected chi connectivity index (χ2v) is 10.2. The van der Waals surface area contributed by atoms with Crippen LogP contribution in [0.1, 0.15) is 41.6 Å². The third-order valence-electron chi connectivity index (χ3n) is 7.35. The van der Waals surface area contributed by atoms with Gasteiger partial charge < -0.3 is 21.3 Å². The van der Waals surface area contributed by atoms with E-state index in [2.05, 4.69) is 36.1 Å². The Morgan fingerprint density at radius 1 is 1.03 bits per heavy atom. The van der Waals surface area contributed by atoms with Crippen molar-refractivity contribution in [1.29, 1.82) is 0 Å². The van der Waals surface area contributed by atoms with Crippen LogP contribution in [0.15, 0.2) is 48.8 Å². The zero-order valence-corrected chi connectivity index (χ0v) is 22.4. The number of anilines is 3. The fourth-order valence-electron chi connectivity index (χ4n) is 5.25. The standard InChI is InChI=1S/C29H36N8O2/c1-30-28(39)24-7-6-23-17-22(24)16-20-4-2-14-37(15-10-20)19-27(38)32-12-3-11-31-26-8-5-21(18-34-26)25-9-13-33-29(35-23)36-25/h5-9,13,17-18,20H,2-4,10-12,14-16,19H2,1H3,(H,30,39)(H,31,34)(H,32,38)(H,33,35,36). The highest BCUT2D eigenvalue weighted by molar-refractivity contribution is 5.96. The maximum Gasteiger partial charge on any atom is 0.251 e. The van der Waals surface area contributed by atoms with Gasteiger partial charge in [0.15, 0.2) is 0 Å². The molecule has 3 aliphatic rings. The predicted molar refractivity (Wildman–Crippen MR) is 152 cm³/mol. The SMILES string of the molecule is CNC(=O)c1ccc2cc1CC1CCCN(CC1)CC(=O)NCCCNc1ccc(cn1)-c1ccnc(n1)N2. The van der Waals surface area contributed by atoms with E-state index >= 15 is 0 Å². The highest BCUT2D eigenvalue weighted by Crippen LogP contribution is 2.27. The number of fused-ring (bicyclic) bond motifs is 8. The molecule has 10 heteroatoms. The summed E-state index contributed by atoms with van der Waals surface area (Å²) in [5.74, 6) is 1.66. The average Bonchev–Trinajstić information content (AvgIpc) is 3.17. The molecule has 0 aliphatic carbocycles. The summed E-state index contributed by atoms with van der Waals surface area (Å²) in [6.07, 6.45) is 8.19. The van der Waals surface area contributed by atoms with Crippen LogP contribution in [0, 0.1) is 5.92 Å². The number of nitrogens with one attached hydrogen (secondary N) is 4. The van der Waals surface area contributed by atoms with Crippen LogP contribution in [-0.4, -0.2) is 71.4 Å². The van der Waals surface area contributed by atoms with Gasteiger partial charge in [-0.05, 0) is 93.1 Å². The highest BCUT2D eigenvalue weighted by Gasteiger charge is 2.21. The molecule has 2 unspecified atom stereocenters. The summed E-state index contributed by atoms with van der Waals surface area (Å²) in [7, 11) is 1.66. The Morgan fingerprint density at radius 3 is 2.77 bits per heavy atom. The lowest BCUT2D eigenvalue weighted by atomic mass is 9.90. The molecule has 5 heterocycles. The van der Waals surface area contributed by atoms with E-state index < -0.39 is 0 Å². The first-order valence-electron chi connectivity index (χ1n) is 13.7. The summed E-state index contributed by atoms with van der Waals surface area (Å²) < 4.78 is 0. The van der Waals surface area contributed by atoms with Gasteiger partial charge in [0.05, 0.1) is 12.2 Å². The van der Waals surface area contributed by atoms with Crippen LogP contribution in [-0.2, 0) is 11.2 Å². The Bertz CT molecular complexity index is 1300. The maximum atomic E-state index is 12.7. The van der Waals surface area contributed by atoms with Gasteiger partial charge in [-0.25, -0.2) is 15.0 Å². The van der Waals surface area contributed by atoms with Crippen LogP contribution >= 0.6 is 0 Å². The number of nitrogens with zero attached hydrogens (tertiary/aromatic N) is 4. The minimum Gasteiger partial charge on any atom is -0.370 e. The van der Waals surface area contributed by atoms with Gasteiger partial charge in [-0.15, -0.1) is 0 Å². The van der Waals surface area contributed by atoms with Crippen LogP contribution in [0.25, 0.3) is 11.3 Å². The number of hydrogen-bond acceptors (Lipinski definition) is 8. The van der Waals surface area contributed by atoms with Crippen molar-refractivity contribution in [2.75, 3.05) is 50.4 Å². The lowest BCUT2D eigenvalue weighted by Crippen LogP contribution is -2.38. The molecule has 2 amide bonds. The second kappa shape index (κ2) is 12.7. The minimum atomic E-state index is -0.0930. The van der Waals surface area contributed by atoms with Crippen molar-refractivity contribution in [1.82, 2.24) is 30.5 Å². The molecule has 1 fully saturated rings. The van der Waals surface area contributed by atoms with Crippen LogP contribution in [0.5, 0.6) is 0 Å². The predicted octanol–water partition coefficient (Wildman–Crippen LogP) is 3.22. The van der Waals surface area contributed by atoms with E-state index in [0.717, 1.165) is 80.1 Å². The molecule has 1 aromatic carbocycles. The molecular formula is C29H36N8O2. The molecule has 4 N–H and O–H groups in total. The Kier molecular flexibility index (Phi) is 8.62. The smallest absolute Gasteiger partial charge is 0.251 e. The van der Waals surface area contributed by atoms with Gasteiger partial charge in [0.2, 0.25) is 11.9 Å². The van der Waals surface area contributed by atoms with Gasteiger partial charge in [-0.3, -0.25) is 14.5 Å². The molecule has 0 radical (unpaired) electrons. The molecule has 6 rings (SSSR count). The Hall–Kier alpha value is -4.05. The number of amides is 2. The van der Waals surface area contributed by atoms with Crippen molar-refractivity contribution in [2.24, 2.45) is 5.92 Å². The van der Waals surface area contributed by atoms with E-state index in [1.807, 2.05) is 36.4 Å². The van der Waals surface area contributed by atoms with Crippen LogP contribution < -0.4 is 21.3 Å². The zero-order valence-electron chi connectivity index (χ0n) is 22.4. The lowest BCUT2D eigenvalue weighted by molar-refractivity contribution is -0.122. The van der Waals surface area contributed by atoms with Gasteiger partial charge in [-0.1, -0.05) is 0 Å². The van der Waals surface area contributed by atoms with Crippen molar-refractivity contribution in [3.8, 4) is 11.3 Å². The largest absolute Gasteiger partial charge is 0.370 e. The van der Waals surface area contributed by atoms with Crippen molar-refractivity contribution >= 4 is 29.3 Å². The van der Waals surface area contributed by atoms with E-state index in [1.165, 1.54) is 0 Å². The van der Waals surface area contributed by atoms with Gasteiger partial charge in [0.25, 0.3) is 5.91 Å². The highest BCUT2D eigenvalue weighted by atomic mass is 16.2. The van der Waals surface area contributed by atoms with Crippen molar-refractivity contribution in [3.05, 3.63) is 59.9 Å². The van der Waals surface area contributed by atoms with E-state index in [4.69, 9.17) is 4.98 Å². The second-order valence-electron chi connectivity index (χ2n) is 10.2. The van der Waals surface area contributed by atoms with Crippen molar-refractivity contribution < 1.29 is 9.59 Å². The van der Waals surface area contributed by atoms with Gasteiger partial charge in [0, 0.05) is 49.3 Å². The van der Waals surface area contributed by atoms with Gasteiger partial charge in [-0.2, -0.15) is 0 Å². The van der Waals surface area contributed by atoms with Crippen LogP contribution in [0.3, 0.4) is 0 Å². The molecule has 8 bridgehead atoms. The number of hydrogen-bond donors (Lipinski definition) is 4. The third-order valence-corrected chi connectivity index (χ3v) is 7.35. The summed E-state index contributed by atoms with van der Waals surface area (Å²) in [4.78, 5) is 41.1. The number of carbonyl (C=O) groups is 2. The fourth-order valence-corrected chi connectivity index (χ4v) is 5.25. The number of pyridine rings is 1. The van der Waals surface area contributed by atoms with Crippen LogP contribution in [0.4, 0.5) is 17.5 Å². The van der Waals surface area contributed by atoms with Gasteiger partial charge >= 0.3 is 0 Å². The molecule has 3 aromatic rings. The number of carbonyl (C=O) groups excluding carboxylic acids is 2. The summed E-state index contributed by atoms with van der Waals surface area (Å²) in [5, 5.41) is 12.5. The van der Waals surface area contributed by atoms with E-state index in [0.29, 0.717) is 30.5 Å². The number of rotatable bonds is 1. The summed E-state index contributed by atoms with van der Waals surface area (Å²) in [6.45, 7) is 3.54. The Morgan fingerprint density at radius 2 is 1.92 bits per heavy atom. The topological polar surface area (TPSA) is 124 Å². The molecule has 0 spiro atoms. The molecule has 0 saturated carbocycles. The summed E-state index contributed by atoms with van der Waals surface area (Å²) in [6, 6.07) is 11.5. The first-order chi connectivity index (χ1) is 19.1. The molecule has 2 atom stereocenters. The first kappa shape index (κ1) is 26.6. The zero-order chi connectivity index (χ0) is 27.0. The number of aromatic nitrogens is 3. The van der Waals surface area contributed by atoms with Crippen LogP contribution in [0.2, 0.25) is 0 Å². The molecule has 1 saturated heterocycles. The molecule has 10 nitrogen and oxygen atoms in total. The van der Waals surface area contributed by atoms with E-state index in [-0.39, 0.29) is 11.8 Å². The number of benzene rings is 1. The van der Waals surface area contributed by atoms with Gasteiger partial charge in [0.1, 0.15) is 5.82 Å². The normalized spacial score (nSPS) is 20.2. The monoisotopic (exact) mass is 528 g/mol. The maximum absolute atomic E-state index is 12.7. The molecular weight excluding hydrogens is 492 g/mol. The Labute approximate surface area is 229 Å². The Balaban J connectivity index is 1.43. The molecule has 39 heavy (non-hydrogen) atoms. The van der Waals surface area contributed by atoms with Crippen molar-refractivity contribution in [3.63, 3.8) is 0 Å². The first-order valence-corrected chi connectivity index (χ1v) is 13.7. The fraction of sp³-hybridized carbons (Fsp3) is 0.414. The average molecular weight is 529 g/mol. The molecule has 2 aromatic heterocycles. The quantitative estimate of drug-likeness (QED) is 0.380. The lowest BCUT2D eigenvalue weighted by Gasteiger charge is -2.20. The molecule has 3 aliphatic heterocycles. The van der Waals surface area contributed by atoms with E-state index in [9.17, 15) is 9.59 Å². The molecule has 204 valence electrons.